The second kappa shape index (κ2) is 6.63. The summed E-state index contributed by atoms with van der Waals surface area (Å²) in [6.07, 6.45) is 12.4. The summed E-state index contributed by atoms with van der Waals surface area (Å²) in [6, 6.07) is 7.77. The van der Waals surface area contributed by atoms with E-state index < -0.39 is 0 Å². The zero-order chi connectivity index (χ0) is 12.8. The lowest BCUT2D eigenvalue weighted by molar-refractivity contribution is 0.375. The standard InChI is InChI=1S/C17H24O/c1-2-3-4-5-14-6-8-15(9-7-14)16-10-12-17(18)13-11-16/h4-5,10-15,18H,2-3,6-9H2,1H3. The van der Waals surface area contributed by atoms with E-state index in [-0.39, 0.29) is 0 Å². The molecular formula is C17H24O. The summed E-state index contributed by atoms with van der Waals surface area (Å²) in [4.78, 5) is 0. The van der Waals surface area contributed by atoms with Gasteiger partial charge in [0.2, 0.25) is 0 Å². The van der Waals surface area contributed by atoms with Crippen LogP contribution in [0.5, 0.6) is 5.75 Å². The Morgan fingerprint density at radius 3 is 2.39 bits per heavy atom. The van der Waals surface area contributed by atoms with Gasteiger partial charge in [-0.3, -0.25) is 0 Å². The largest absolute Gasteiger partial charge is 0.508 e. The van der Waals surface area contributed by atoms with Crippen LogP contribution in [0.1, 0.15) is 56.9 Å². The Kier molecular flexibility index (Phi) is 4.86. The van der Waals surface area contributed by atoms with Gasteiger partial charge in [-0.05, 0) is 61.6 Å². The first kappa shape index (κ1) is 13.2. The highest BCUT2D eigenvalue weighted by atomic mass is 16.3. The average Bonchev–Trinajstić information content (AvgIpc) is 2.41. The maximum atomic E-state index is 9.31. The topological polar surface area (TPSA) is 20.2 Å². The molecular weight excluding hydrogens is 220 g/mol. The highest BCUT2D eigenvalue weighted by Gasteiger charge is 2.20. The monoisotopic (exact) mass is 244 g/mol. The van der Waals surface area contributed by atoms with E-state index in [9.17, 15) is 5.11 Å². The maximum Gasteiger partial charge on any atom is 0.115 e. The Morgan fingerprint density at radius 1 is 1.11 bits per heavy atom. The molecule has 1 aliphatic carbocycles. The highest BCUT2D eigenvalue weighted by Crippen LogP contribution is 2.36. The minimum atomic E-state index is 0.370. The van der Waals surface area contributed by atoms with Crippen LogP contribution in [0.2, 0.25) is 0 Å². The van der Waals surface area contributed by atoms with Crippen molar-refractivity contribution in [3.8, 4) is 5.75 Å². The second-order valence-electron chi connectivity index (χ2n) is 5.42. The van der Waals surface area contributed by atoms with E-state index in [1.54, 1.807) is 0 Å². The summed E-state index contributed by atoms with van der Waals surface area (Å²) in [5.41, 5.74) is 1.39. The van der Waals surface area contributed by atoms with Crippen LogP contribution in [0.15, 0.2) is 36.4 Å². The fourth-order valence-corrected chi connectivity index (χ4v) is 2.85. The molecule has 1 N–H and O–H groups in total. The maximum absolute atomic E-state index is 9.31. The first-order chi connectivity index (χ1) is 8.79. The lowest BCUT2D eigenvalue weighted by Crippen LogP contribution is -2.11. The predicted octanol–water partition coefficient (Wildman–Crippen LogP) is 5.02. The van der Waals surface area contributed by atoms with Gasteiger partial charge in [-0.2, -0.15) is 0 Å². The van der Waals surface area contributed by atoms with Crippen LogP contribution in [-0.2, 0) is 0 Å². The summed E-state index contributed by atoms with van der Waals surface area (Å²) < 4.78 is 0. The van der Waals surface area contributed by atoms with Crippen LogP contribution < -0.4 is 0 Å². The molecule has 1 heteroatoms. The van der Waals surface area contributed by atoms with Gasteiger partial charge in [0.05, 0.1) is 0 Å². The van der Waals surface area contributed by atoms with Gasteiger partial charge in [-0.1, -0.05) is 37.6 Å². The quantitative estimate of drug-likeness (QED) is 0.737. The number of benzene rings is 1. The van der Waals surface area contributed by atoms with E-state index in [2.05, 4.69) is 31.2 Å². The molecule has 0 radical (unpaired) electrons. The van der Waals surface area contributed by atoms with Gasteiger partial charge in [-0.15, -0.1) is 0 Å². The number of phenolic OH excluding ortho intramolecular Hbond substituents is 1. The number of unbranched alkanes of at least 4 members (excludes halogenated alkanes) is 1. The van der Waals surface area contributed by atoms with Gasteiger partial charge in [0, 0.05) is 0 Å². The van der Waals surface area contributed by atoms with E-state index in [1.807, 2.05) is 12.1 Å². The van der Waals surface area contributed by atoms with Crippen molar-refractivity contribution in [3.63, 3.8) is 0 Å². The van der Waals surface area contributed by atoms with Crippen LogP contribution in [0.3, 0.4) is 0 Å². The van der Waals surface area contributed by atoms with Gasteiger partial charge >= 0.3 is 0 Å². The molecule has 18 heavy (non-hydrogen) atoms. The van der Waals surface area contributed by atoms with Crippen molar-refractivity contribution < 1.29 is 5.11 Å². The molecule has 0 unspecified atom stereocenters. The molecule has 0 saturated heterocycles. The summed E-state index contributed by atoms with van der Waals surface area (Å²) in [6.45, 7) is 2.23. The number of hydrogen-bond acceptors (Lipinski definition) is 1. The molecule has 98 valence electrons. The molecule has 2 rings (SSSR count). The van der Waals surface area contributed by atoms with Crippen molar-refractivity contribution in [1.29, 1.82) is 0 Å². The lowest BCUT2D eigenvalue weighted by atomic mass is 9.78. The third-order valence-electron chi connectivity index (χ3n) is 4.00. The van der Waals surface area contributed by atoms with Crippen LogP contribution >= 0.6 is 0 Å². The molecule has 0 aliphatic heterocycles. The summed E-state index contributed by atoms with van der Waals surface area (Å²) in [5.74, 6) is 1.86. The van der Waals surface area contributed by atoms with Gasteiger partial charge in [0.15, 0.2) is 0 Å². The number of rotatable bonds is 4. The molecule has 0 amide bonds. The summed E-state index contributed by atoms with van der Waals surface area (Å²) in [7, 11) is 0. The van der Waals surface area contributed by atoms with Crippen molar-refractivity contribution in [2.24, 2.45) is 5.92 Å². The molecule has 1 aliphatic rings. The highest BCUT2D eigenvalue weighted by molar-refractivity contribution is 5.28. The van der Waals surface area contributed by atoms with Crippen LogP contribution in [0, 0.1) is 5.92 Å². The van der Waals surface area contributed by atoms with Crippen molar-refractivity contribution in [3.05, 3.63) is 42.0 Å². The Morgan fingerprint density at radius 2 is 1.78 bits per heavy atom. The first-order valence-electron chi connectivity index (χ1n) is 7.25. The molecule has 1 nitrogen and oxygen atoms in total. The molecule has 1 fully saturated rings. The number of aromatic hydroxyl groups is 1. The van der Waals surface area contributed by atoms with E-state index in [0.717, 1.165) is 5.92 Å². The van der Waals surface area contributed by atoms with E-state index in [0.29, 0.717) is 11.7 Å². The van der Waals surface area contributed by atoms with E-state index in [1.165, 1.54) is 44.1 Å². The lowest BCUT2D eigenvalue weighted by Gasteiger charge is -2.27. The van der Waals surface area contributed by atoms with E-state index in [4.69, 9.17) is 0 Å². The Bertz CT molecular complexity index is 369. The van der Waals surface area contributed by atoms with E-state index >= 15 is 0 Å². The fraction of sp³-hybridized carbons (Fsp3) is 0.529. The minimum absolute atomic E-state index is 0.370. The molecule has 1 aromatic carbocycles. The molecule has 0 spiro atoms. The molecule has 0 heterocycles. The van der Waals surface area contributed by atoms with Crippen LogP contribution in [-0.4, -0.2) is 5.11 Å². The Labute approximate surface area is 111 Å². The second-order valence-corrected chi connectivity index (χ2v) is 5.42. The average molecular weight is 244 g/mol. The number of phenols is 1. The first-order valence-corrected chi connectivity index (χ1v) is 7.25. The molecule has 0 atom stereocenters. The normalized spacial score (nSPS) is 24.5. The van der Waals surface area contributed by atoms with Gasteiger partial charge in [0.25, 0.3) is 0 Å². The van der Waals surface area contributed by atoms with Gasteiger partial charge in [0.1, 0.15) is 5.75 Å². The van der Waals surface area contributed by atoms with Gasteiger partial charge in [-0.25, -0.2) is 0 Å². The predicted molar refractivity (Wildman–Crippen MR) is 76.9 cm³/mol. The Balaban J connectivity index is 1.84. The van der Waals surface area contributed by atoms with Crippen LogP contribution in [0.4, 0.5) is 0 Å². The van der Waals surface area contributed by atoms with Crippen LogP contribution in [0.25, 0.3) is 0 Å². The summed E-state index contributed by atoms with van der Waals surface area (Å²) >= 11 is 0. The van der Waals surface area contributed by atoms with Crippen molar-refractivity contribution >= 4 is 0 Å². The minimum Gasteiger partial charge on any atom is -0.508 e. The van der Waals surface area contributed by atoms with Crippen molar-refractivity contribution in [1.82, 2.24) is 0 Å². The molecule has 1 aromatic rings. The zero-order valence-electron chi connectivity index (χ0n) is 11.3. The van der Waals surface area contributed by atoms with Crippen molar-refractivity contribution in [2.45, 2.75) is 51.4 Å². The Hall–Kier alpha value is -1.24. The fourth-order valence-electron chi connectivity index (χ4n) is 2.85. The third-order valence-corrected chi connectivity index (χ3v) is 4.00. The number of hydrogen-bond donors (Lipinski definition) is 1. The molecule has 0 aromatic heterocycles. The molecule has 1 saturated carbocycles. The SMILES string of the molecule is CCCC=CC1CCC(c2ccc(O)cc2)CC1. The smallest absolute Gasteiger partial charge is 0.115 e. The number of allylic oxidation sites excluding steroid dienone is 2. The third kappa shape index (κ3) is 3.63. The summed E-state index contributed by atoms with van der Waals surface area (Å²) in [5, 5.41) is 9.31. The van der Waals surface area contributed by atoms with Gasteiger partial charge < -0.3 is 5.11 Å². The van der Waals surface area contributed by atoms with Crippen molar-refractivity contribution in [2.75, 3.05) is 0 Å². The zero-order valence-corrected chi connectivity index (χ0v) is 11.3. The molecule has 0 bridgehead atoms.